The Balaban J connectivity index is 1.42. The summed E-state index contributed by atoms with van der Waals surface area (Å²) in [6, 6.07) is 2.58. The molecule has 3 aliphatic rings. The number of carbonyl (C=O) groups is 1. The second-order valence-electron chi connectivity index (χ2n) is 6.24. The Morgan fingerprint density at radius 2 is 1.95 bits per heavy atom. The zero-order valence-corrected chi connectivity index (χ0v) is 11.2. The smallest absolute Gasteiger partial charge is 0.276 e. The van der Waals surface area contributed by atoms with Gasteiger partial charge in [-0.2, -0.15) is 0 Å². The van der Waals surface area contributed by atoms with E-state index in [1.165, 1.54) is 25.9 Å². The average Bonchev–Trinajstić information content (AvgIpc) is 2.83. The first-order valence-corrected chi connectivity index (χ1v) is 7.17. The second kappa shape index (κ2) is 4.07. The van der Waals surface area contributed by atoms with Crippen LogP contribution in [-0.4, -0.2) is 53.1 Å². The number of likely N-dealkylation sites (tertiary alicyclic amines) is 2. The molecule has 2 unspecified atom stereocenters. The monoisotopic (exact) mass is 261 g/mol. The summed E-state index contributed by atoms with van der Waals surface area (Å²) in [7, 11) is 0. The number of hydrogen-bond acceptors (Lipinski definition) is 4. The van der Waals surface area contributed by atoms with Gasteiger partial charge in [0.1, 0.15) is 5.76 Å². The summed E-state index contributed by atoms with van der Waals surface area (Å²) in [4.78, 5) is 16.9. The van der Waals surface area contributed by atoms with E-state index in [1.54, 1.807) is 6.07 Å². The Bertz CT molecular complexity index is 495. The topological polar surface area (TPSA) is 49.6 Å². The van der Waals surface area contributed by atoms with Crippen LogP contribution in [0.4, 0.5) is 0 Å². The highest BCUT2D eigenvalue weighted by Crippen LogP contribution is 2.38. The summed E-state index contributed by atoms with van der Waals surface area (Å²) in [5.41, 5.74) is 0.455. The van der Waals surface area contributed by atoms with E-state index >= 15 is 0 Å². The van der Waals surface area contributed by atoms with E-state index in [1.807, 2.05) is 11.8 Å². The fourth-order valence-corrected chi connectivity index (χ4v) is 3.56. The molecule has 102 valence electrons. The Hall–Kier alpha value is -1.36. The maximum absolute atomic E-state index is 12.3. The minimum Gasteiger partial charge on any atom is -0.361 e. The van der Waals surface area contributed by atoms with Crippen LogP contribution in [-0.2, 0) is 0 Å². The Morgan fingerprint density at radius 1 is 1.26 bits per heavy atom. The first-order chi connectivity index (χ1) is 9.20. The van der Waals surface area contributed by atoms with Gasteiger partial charge in [0.25, 0.3) is 5.91 Å². The third-order valence-corrected chi connectivity index (χ3v) is 4.71. The molecule has 0 N–H and O–H groups in total. The van der Waals surface area contributed by atoms with Crippen molar-refractivity contribution in [3.63, 3.8) is 0 Å². The second-order valence-corrected chi connectivity index (χ2v) is 6.24. The van der Waals surface area contributed by atoms with E-state index in [-0.39, 0.29) is 5.91 Å². The van der Waals surface area contributed by atoms with Crippen LogP contribution in [0.25, 0.3) is 0 Å². The van der Waals surface area contributed by atoms with Crippen LogP contribution < -0.4 is 0 Å². The first-order valence-electron chi connectivity index (χ1n) is 7.17. The highest BCUT2D eigenvalue weighted by Gasteiger charge is 2.45. The summed E-state index contributed by atoms with van der Waals surface area (Å²) in [5, 5.41) is 3.83. The lowest BCUT2D eigenvalue weighted by Gasteiger charge is -2.20. The number of aromatic nitrogens is 1. The molecule has 2 saturated heterocycles. The minimum absolute atomic E-state index is 0.0317. The largest absolute Gasteiger partial charge is 0.361 e. The zero-order chi connectivity index (χ0) is 13.0. The number of fused-ring (bicyclic) bond motifs is 1. The third kappa shape index (κ3) is 1.96. The van der Waals surface area contributed by atoms with E-state index in [0.29, 0.717) is 23.3 Å². The van der Waals surface area contributed by atoms with Crippen LogP contribution in [0.3, 0.4) is 0 Å². The molecule has 0 spiro atoms. The summed E-state index contributed by atoms with van der Waals surface area (Å²) < 4.78 is 4.99. The van der Waals surface area contributed by atoms with Crippen LogP contribution in [0.1, 0.15) is 29.1 Å². The molecule has 19 heavy (non-hydrogen) atoms. The molecule has 3 fully saturated rings. The van der Waals surface area contributed by atoms with Gasteiger partial charge in [-0.1, -0.05) is 5.16 Å². The van der Waals surface area contributed by atoms with E-state index in [2.05, 4.69) is 10.1 Å². The lowest BCUT2D eigenvalue weighted by Crippen LogP contribution is -2.34. The highest BCUT2D eigenvalue weighted by molar-refractivity contribution is 5.92. The van der Waals surface area contributed by atoms with Crippen LogP contribution in [0.2, 0.25) is 0 Å². The van der Waals surface area contributed by atoms with Crippen molar-refractivity contribution in [2.45, 2.75) is 25.8 Å². The van der Waals surface area contributed by atoms with Gasteiger partial charge in [-0.05, 0) is 31.6 Å². The molecule has 2 aliphatic heterocycles. The Kier molecular flexibility index (Phi) is 2.45. The van der Waals surface area contributed by atoms with Gasteiger partial charge < -0.3 is 9.42 Å². The molecule has 1 aliphatic carbocycles. The molecule has 1 aromatic rings. The fourth-order valence-electron chi connectivity index (χ4n) is 3.56. The Labute approximate surface area is 112 Å². The van der Waals surface area contributed by atoms with Crippen LogP contribution >= 0.6 is 0 Å². The SMILES string of the molecule is Cc1cc(C(=O)N2CC3CN(C4CC4)CC3C2)no1. The standard InChI is InChI=1S/C14H19N3O2/c1-9-4-13(15-19-9)14(18)17-7-10-5-16(12-2-3-12)6-11(10)8-17/h4,10-12H,2-3,5-8H2,1H3. The summed E-state index contributed by atoms with van der Waals surface area (Å²) in [6.45, 7) is 5.95. The van der Waals surface area contributed by atoms with E-state index < -0.39 is 0 Å². The predicted molar refractivity (Wildman–Crippen MR) is 68.7 cm³/mol. The first kappa shape index (κ1) is 11.5. The van der Waals surface area contributed by atoms with E-state index in [4.69, 9.17) is 4.52 Å². The molecule has 0 bridgehead atoms. The number of nitrogens with zero attached hydrogens (tertiary/aromatic N) is 3. The average molecular weight is 261 g/mol. The van der Waals surface area contributed by atoms with Crippen molar-refractivity contribution in [1.82, 2.24) is 15.0 Å². The number of rotatable bonds is 2. The van der Waals surface area contributed by atoms with Gasteiger partial charge in [0, 0.05) is 38.3 Å². The molecule has 1 saturated carbocycles. The molecule has 3 heterocycles. The summed E-state index contributed by atoms with van der Waals surface area (Å²) >= 11 is 0. The number of hydrogen-bond donors (Lipinski definition) is 0. The molecule has 5 heteroatoms. The molecular weight excluding hydrogens is 242 g/mol. The predicted octanol–water partition coefficient (Wildman–Crippen LogP) is 1.15. The van der Waals surface area contributed by atoms with Gasteiger partial charge in [-0.3, -0.25) is 9.69 Å². The quantitative estimate of drug-likeness (QED) is 0.801. The van der Waals surface area contributed by atoms with Gasteiger partial charge in [-0.15, -0.1) is 0 Å². The molecule has 0 aromatic carbocycles. The van der Waals surface area contributed by atoms with Gasteiger partial charge >= 0.3 is 0 Å². The maximum Gasteiger partial charge on any atom is 0.276 e. The zero-order valence-electron chi connectivity index (χ0n) is 11.2. The molecule has 0 radical (unpaired) electrons. The summed E-state index contributed by atoms with van der Waals surface area (Å²) in [6.07, 6.45) is 2.75. The highest BCUT2D eigenvalue weighted by atomic mass is 16.5. The van der Waals surface area contributed by atoms with Crippen molar-refractivity contribution < 1.29 is 9.32 Å². The van der Waals surface area contributed by atoms with Gasteiger partial charge in [-0.25, -0.2) is 0 Å². The molecular formula is C14H19N3O2. The number of carbonyl (C=O) groups excluding carboxylic acids is 1. The lowest BCUT2D eigenvalue weighted by molar-refractivity contribution is 0.0763. The molecule has 2 atom stereocenters. The molecule has 4 rings (SSSR count). The molecule has 5 nitrogen and oxygen atoms in total. The van der Waals surface area contributed by atoms with Crippen LogP contribution in [0, 0.1) is 18.8 Å². The maximum atomic E-state index is 12.3. The lowest BCUT2D eigenvalue weighted by atomic mass is 10.0. The van der Waals surface area contributed by atoms with Crippen molar-refractivity contribution in [2.75, 3.05) is 26.2 Å². The Morgan fingerprint density at radius 3 is 2.47 bits per heavy atom. The van der Waals surface area contributed by atoms with Gasteiger partial charge in [0.2, 0.25) is 0 Å². The number of aryl methyl sites for hydroxylation is 1. The van der Waals surface area contributed by atoms with Crippen molar-refractivity contribution in [3.8, 4) is 0 Å². The van der Waals surface area contributed by atoms with E-state index in [0.717, 1.165) is 19.1 Å². The van der Waals surface area contributed by atoms with Crippen molar-refractivity contribution in [1.29, 1.82) is 0 Å². The van der Waals surface area contributed by atoms with Crippen molar-refractivity contribution >= 4 is 5.91 Å². The number of amides is 1. The van der Waals surface area contributed by atoms with Crippen LogP contribution in [0.15, 0.2) is 10.6 Å². The van der Waals surface area contributed by atoms with E-state index in [9.17, 15) is 4.79 Å². The normalized spacial score (nSPS) is 30.9. The third-order valence-electron chi connectivity index (χ3n) is 4.71. The molecule has 1 aromatic heterocycles. The van der Waals surface area contributed by atoms with Gasteiger partial charge in [0.15, 0.2) is 5.69 Å². The van der Waals surface area contributed by atoms with Crippen LogP contribution in [0.5, 0.6) is 0 Å². The van der Waals surface area contributed by atoms with Gasteiger partial charge in [0.05, 0.1) is 0 Å². The molecule has 1 amide bonds. The summed E-state index contributed by atoms with van der Waals surface area (Å²) in [5.74, 6) is 2.06. The minimum atomic E-state index is 0.0317. The van der Waals surface area contributed by atoms with Crippen molar-refractivity contribution in [3.05, 3.63) is 17.5 Å². The fraction of sp³-hybridized carbons (Fsp3) is 0.714. The van der Waals surface area contributed by atoms with Crippen molar-refractivity contribution in [2.24, 2.45) is 11.8 Å².